The molecule has 0 saturated carbocycles. The van der Waals surface area contributed by atoms with Gasteiger partial charge in [0.25, 0.3) is 0 Å². The Bertz CT molecular complexity index is 6930. The van der Waals surface area contributed by atoms with Crippen LogP contribution in [-0.4, -0.2) is 391 Å². The van der Waals surface area contributed by atoms with Crippen molar-refractivity contribution < 1.29 is 198 Å². The lowest BCUT2D eigenvalue weighted by atomic mass is 10.1. The van der Waals surface area contributed by atoms with Gasteiger partial charge in [-0.25, -0.2) is 83.1 Å². The van der Waals surface area contributed by atoms with Crippen molar-refractivity contribution in [1.29, 1.82) is 5.41 Å². The molecule has 0 aromatic carbocycles. The molecule has 68 nitrogen and oxygen atoms in total. The Labute approximate surface area is 815 Å². The summed E-state index contributed by atoms with van der Waals surface area (Å²) in [6.07, 6.45) is -15.6. The topological polar surface area (TPSA) is 1000 Å². The van der Waals surface area contributed by atoms with Gasteiger partial charge >= 0.3 is 46.5 Å². The van der Waals surface area contributed by atoms with Gasteiger partial charge in [0, 0.05) is 70.6 Å². The Morgan fingerprint density at radius 2 is 0.821 bits per heavy atom. The number of phosphoric ester groups is 4. The molecule has 0 radical (unpaired) electrons. The Hall–Kier alpha value is -9.67. The highest BCUT2D eigenvalue weighted by Crippen LogP contribution is 2.48. The van der Waals surface area contributed by atoms with E-state index in [0.29, 0.717) is 50.2 Å². The van der Waals surface area contributed by atoms with Crippen LogP contribution in [-0.2, 0) is 90.0 Å². The lowest BCUT2D eigenvalue weighted by Gasteiger charge is -2.18. The van der Waals surface area contributed by atoms with Crippen molar-refractivity contribution >= 4 is 155 Å². The van der Waals surface area contributed by atoms with E-state index in [0.717, 1.165) is 23.6 Å². The first-order valence-electron chi connectivity index (χ1n) is 41.9. The molecular weight excluding hydrogens is 2100 g/mol. The van der Waals surface area contributed by atoms with Crippen LogP contribution in [0.3, 0.4) is 0 Å². The van der Waals surface area contributed by atoms with Crippen LogP contribution in [0.1, 0.15) is 60.1 Å². The van der Waals surface area contributed by atoms with Crippen LogP contribution in [0.15, 0.2) is 84.9 Å². The molecule has 11 aromatic heterocycles. The van der Waals surface area contributed by atoms with E-state index < -0.39 is 220 Å². The highest BCUT2D eigenvalue weighted by Gasteiger charge is 2.52. The summed E-state index contributed by atoms with van der Waals surface area (Å²) < 4.78 is 135. The van der Waals surface area contributed by atoms with Crippen molar-refractivity contribution in [3.63, 3.8) is 0 Å². The molecule has 0 aliphatic carbocycles. The number of aromatic nitrogens is 19. The van der Waals surface area contributed by atoms with Crippen molar-refractivity contribution in [2.45, 2.75) is 161 Å². The minimum Gasteiger partial charge on any atom is -0.397 e. The molecule has 27 N–H and O–H groups in total. The van der Waals surface area contributed by atoms with Crippen LogP contribution in [0, 0.1) is 12.3 Å². The zero-order valence-corrected chi connectivity index (χ0v) is 81.5. The number of ketones is 1. The van der Waals surface area contributed by atoms with E-state index in [2.05, 4.69) is 104 Å². The average molecular weight is 2190 g/mol. The number of hydrogen-bond acceptors (Lipinski definition) is 49. The number of anilines is 3. The number of fused-ring (bicyclic) bond motifs is 6. The van der Waals surface area contributed by atoms with Crippen molar-refractivity contribution in [2.75, 3.05) is 83.4 Å². The third-order valence-corrected chi connectivity index (χ3v) is 25.6. The zero-order valence-electron chi connectivity index (χ0n) is 75.3. The summed E-state index contributed by atoms with van der Waals surface area (Å²) in [6.45, 7) is 0.657. The van der Waals surface area contributed by atoms with Crippen LogP contribution in [0.25, 0.3) is 66.3 Å². The molecule has 7 aliphatic rings. The first-order chi connectivity index (χ1) is 68.0. The number of hydrogen-bond donors (Lipinski definition) is 26. The number of nitrogens with one attached hydrogen (secondary N) is 3. The highest BCUT2D eigenvalue weighted by molar-refractivity contribution is 7.52. The number of nitrogens with two attached hydrogens (primary N) is 1. The van der Waals surface area contributed by atoms with Gasteiger partial charge in [-0.15, -0.1) is 0 Å². The van der Waals surface area contributed by atoms with Crippen LogP contribution >= 0.6 is 58.1 Å². The normalized spacial score (nSPS) is 28.6. The fourth-order valence-electron chi connectivity index (χ4n) is 15.2. The van der Waals surface area contributed by atoms with Crippen LogP contribution in [0.4, 0.5) is 29.0 Å². The molecule has 0 spiro atoms. The monoisotopic (exact) mass is 2190 g/mol. The Morgan fingerprint density at radius 1 is 0.455 bits per heavy atom. The van der Waals surface area contributed by atoms with Gasteiger partial charge < -0.3 is 169 Å². The fourth-order valence-corrected chi connectivity index (χ4v) is 17.6. The van der Waals surface area contributed by atoms with Crippen molar-refractivity contribution in [3.8, 4) is 0 Å². The Kier molecular flexibility index (Phi) is 35.5. The molecule has 2 unspecified atom stereocenters. The lowest BCUT2D eigenvalue weighted by molar-refractivity contribution is -0.0512. The first-order valence-corrected chi connectivity index (χ1v) is 52.4. The van der Waals surface area contributed by atoms with E-state index in [-0.39, 0.29) is 76.4 Å². The van der Waals surface area contributed by atoms with Crippen LogP contribution in [0.2, 0.25) is 5.02 Å². The predicted molar refractivity (Wildman–Crippen MR) is 483 cm³/mol. The van der Waals surface area contributed by atoms with Gasteiger partial charge in [0.15, 0.2) is 99.7 Å². The molecule has 0 amide bonds. The van der Waals surface area contributed by atoms with Gasteiger partial charge in [0.2, 0.25) is 5.95 Å². The number of ether oxygens (including phenoxy) is 6. The maximum atomic E-state index is 11.7. The van der Waals surface area contributed by atoms with Gasteiger partial charge in [-0.1, -0.05) is 11.6 Å². The number of imidazole rings is 6. The molecule has 6 saturated heterocycles. The maximum Gasteiger partial charge on any atom is 0.469 e. The summed E-state index contributed by atoms with van der Waals surface area (Å²) >= 11 is 6.00. The summed E-state index contributed by atoms with van der Waals surface area (Å²) in [6, 6.07) is 4.78. The molecule has 18 rings (SSSR count). The number of aliphatic hydroxyl groups is 12. The van der Waals surface area contributed by atoms with Gasteiger partial charge in [0.1, 0.15) is 138 Å². The number of carbonyl (C=O) groups excluding carboxylic acids is 1. The number of carbonyl (C=O) groups is 1. The smallest absolute Gasteiger partial charge is 0.397 e. The number of nitrogen functional groups attached to an aromatic ring is 1. The quantitative estimate of drug-likeness (QED) is 0.0101. The summed E-state index contributed by atoms with van der Waals surface area (Å²) in [7, 11) is -21.3. The van der Waals surface area contributed by atoms with E-state index in [4.69, 9.17) is 105 Å². The number of Topliss-reactive ketones (excluding diaryl/α,β-unsaturated/α-hetero) is 1. The fraction of sp³-hybridized carbons (Fsp3) is 0.529. The van der Waals surface area contributed by atoms with Crippen LogP contribution in [0.5, 0.6) is 0 Å². The molecule has 0 bridgehead atoms. The summed E-state index contributed by atoms with van der Waals surface area (Å²) in [5, 5.41) is 139. The van der Waals surface area contributed by atoms with E-state index in [9.17, 15) is 103 Å². The molecular formula is C70H96ClN27O41P6. The van der Waals surface area contributed by atoms with Crippen molar-refractivity contribution in [1.82, 2.24) is 91.8 Å². The number of halogens is 1. The molecule has 26 atom stereocenters. The van der Waals surface area contributed by atoms with Crippen molar-refractivity contribution in [2.24, 2.45) is 17.2 Å². The third-order valence-electron chi connectivity index (χ3n) is 22.1. The number of aliphatic hydroxyl groups excluding tert-OH is 12. The van der Waals surface area contributed by atoms with Gasteiger partial charge in [-0.2, -0.15) is 0 Å². The molecule has 18 heterocycles. The molecule has 6 fully saturated rings. The number of phosphoric acid groups is 4. The SMILES string of the molecule is CNc1ccnc2c1ncn2[C@@H]1O[C@H](COP(C)(=O)O)[C@@H](O)[C@H]1O.CNc1nc(C)nc2c1ncn2[C@@H]1O[C@H](COP(C)(=O)O)[C@@H](O)[C@H]1O.Cn1cnc2c(ncn2[C@@H]2O[C@H](COP(=O)(O)O)[C@@H](O)[C@H]2O)c1=N.O=C1CC=Nc2c1ncn2[C@@H]1O[C@H](COP(=O)(O)O)[C@@H](O)[C@H]1O.O=P(O)(O)OC[C@H]1O[C@@H](n2cnc3c(Cl)ccnc32)[C@H](O)[C@@H]1O.[N-]=[N+]=Nc1nc2c(N)ccnc2n1[C@@H]1O[C@H](COP(=O)(O)O)[C@@H](O)[C@H]1O. The molecule has 145 heavy (non-hydrogen) atoms. The van der Waals surface area contributed by atoms with Crippen molar-refractivity contribution in [3.05, 3.63) is 107 Å². The highest BCUT2D eigenvalue weighted by atomic mass is 35.5. The number of pyridine rings is 3. The summed E-state index contributed by atoms with van der Waals surface area (Å²) in [4.78, 5) is 156. The minimum absolute atomic E-state index is 0.105. The maximum absolute atomic E-state index is 11.7. The van der Waals surface area contributed by atoms with Crippen LogP contribution < -0.4 is 21.9 Å². The van der Waals surface area contributed by atoms with E-state index in [1.807, 2.05) is 0 Å². The van der Waals surface area contributed by atoms with Gasteiger partial charge in [-0.3, -0.25) is 64.8 Å². The van der Waals surface area contributed by atoms with E-state index in [1.54, 1.807) is 46.4 Å². The Balaban J connectivity index is 0.000000146. The molecule has 75 heteroatoms. The molecule has 11 aromatic rings. The largest absolute Gasteiger partial charge is 0.469 e. The molecule has 794 valence electrons. The van der Waals surface area contributed by atoms with E-state index in [1.165, 1.54) is 90.0 Å². The number of azide groups is 1. The minimum atomic E-state index is -4.80. The lowest BCUT2D eigenvalue weighted by Crippen LogP contribution is -2.33. The first kappa shape index (κ1) is 113. The number of rotatable bonds is 27. The zero-order chi connectivity index (χ0) is 106. The van der Waals surface area contributed by atoms with Gasteiger partial charge in [-0.05, 0) is 35.8 Å². The standard InChI is InChI=1S/C13H20N5O6P.C13H19N4O6P.C11H13ClN3O7P.C11H14N7O7P.C11H16N5O7P.C11H14N3O8P/c1-6-16-11(14-2)8-12(17-6)18(5-15-8)13-10(20)9(19)7(24-13)4-23-25(3,21)22;1-14-7-3-4-15-12-9(7)16-6-17(12)13-11(19)10(18)8(23-13)5-22-24(2,20)21;12-5-1-2-13-10-7(5)14-4-15(10)11-9(17)8(16)6(22-11)3-21-23(18,19)20;12-4-1-2-14-9-6(4)15-11(16-17-13)18(9)10-8(20)7(19)5(25-10)3-24-26(21,22)23;1-15-3-14-10-6(9(15)12)13-4-16(10)11-8(18)7(17)5(23-11)2-22-24(19,20)21;15-5-1-2-12-10-7(5)13-4-14(10)11-9(17)8(16)6(22-11)3-21-23(18,19)20/h5,7,9-10,13,19-20H,4H2,1-3H3,(H,21,22)(H,14,16,17);3-4,6,8,10-11,13,18-19H,5H2,1-2H3,(H,14,15)(H,20,21);1-2,4,6,8-9,11,16-17H,3H2,(H2,18,19,20);1-2,5,7-8,10,19-20H,3H2,(H2,12,14)(H2,21,22,23);3-5,7-8,11-12,17-18H,2H2,1H3,(H2,19,20,21);2,4,6,8-9,11,16-17H,1,3H2,(H2,18,19,20)/t7-,9-,10-,13-;8-,10-,11-,13-;6-,8-,9-,11-;5-,7-,8-,10-;5-,7-,8-,11-;6-,8-,9-,11-/m111111/s1. The number of nitrogens with zero attached hydrogens (tertiary/aromatic N) is 23. The van der Waals surface area contributed by atoms with Gasteiger partial charge in [0.05, 0.1) is 94.0 Å². The number of aliphatic imine (C=N–C) groups is 1. The molecule has 7 aliphatic heterocycles. The van der Waals surface area contributed by atoms with E-state index >= 15 is 0 Å². The second kappa shape index (κ2) is 45.8. The summed E-state index contributed by atoms with van der Waals surface area (Å²) in [5.74, 6) is 0.762. The summed E-state index contributed by atoms with van der Waals surface area (Å²) in [5.41, 5.74) is 19.4. The second-order valence-electron chi connectivity index (χ2n) is 32.2. The number of aryl methyl sites for hydroxylation is 2. The second-order valence-corrected chi connectivity index (χ2v) is 41.3. The third kappa shape index (κ3) is 26.3. The average Bonchev–Trinajstić information content (AvgIpc) is 1.65. The predicted octanol–water partition coefficient (Wildman–Crippen LogP) is -4.07. The Morgan fingerprint density at radius 3 is 1.25 bits per heavy atom.